The number of hydrogen-bond donors (Lipinski definition) is 0. The third-order valence-electron chi connectivity index (χ3n) is 6.32. The van der Waals surface area contributed by atoms with E-state index in [1.54, 1.807) is 18.3 Å². The van der Waals surface area contributed by atoms with Crippen LogP contribution >= 0.6 is 0 Å². The molecule has 1 atom stereocenters. The minimum Gasteiger partial charge on any atom is -0.339 e. The third-order valence-corrected chi connectivity index (χ3v) is 6.32. The lowest BCUT2D eigenvalue weighted by atomic mass is 9.75. The summed E-state index contributed by atoms with van der Waals surface area (Å²) in [6, 6.07) is 7.52. The quantitative estimate of drug-likeness (QED) is 0.717. The van der Waals surface area contributed by atoms with Crippen LogP contribution in [0.2, 0.25) is 0 Å². The van der Waals surface area contributed by atoms with Crippen LogP contribution in [0.15, 0.2) is 40.7 Å². The lowest BCUT2D eigenvalue weighted by molar-refractivity contribution is 0.0606. The molecule has 2 aliphatic rings. The van der Waals surface area contributed by atoms with Crippen LogP contribution < -0.4 is 0 Å². The molecule has 5 heteroatoms. The summed E-state index contributed by atoms with van der Waals surface area (Å²) in [5.74, 6) is 0.773. The molecule has 3 rings (SSSR count). The van der Waals surface area contributed by atoms with Gasteiger partial charge < -0.3 is 4.90 Å². The molecular formula is C23H30N4O. The molecule has 1 unspecified atom stereocenters. The van der Waals surface area contributed by atoms with E-state index in [2.05, 4.69) is 50.9 Å². The highest BCUT2D eigenvalue weighted by Gasteiger charge is 2.40. The first kappa shape index (κ1) is 20.3. The number of hydrogen-bond acceptors (Lipinski definition) is 4. The zero-order chi connectivity index (χ0) is 20.5. The number of likely N-dealkylation sites (tertiary alicyclic amines) is 1. The second-order valence-corrected chi connectivity index (χ2v) is 9.32. The number of nitriles is 1. The number of benzene rings is 1. The van der Waals surface area contributed by atoms with Gasteiger partial charge >= 0.3 is 0 Å². The highest BCUT2D eigenvalue weighted by Crippen LogP contribution is 2.42. The van der Waals surface area contributed by atoms with Crippen LogP contribution in [0.5, 0.6) is 0 Å². The van der Waals surface area contributed by atoms with Gasteiger partial charge in [-0.25, -0.2) is 0 Å². The minimum absolute atomic E-state index is 0.0300. The Labute approximate surface area is 168 Å². The molecule has 0 radical (unpaired) electrons. The molecule has 1 aromatic carbocycles. The van der Waals surface area contributed by atoms with Gasteiger partial charge in [-0.15, -0.1) is 0 Å². The second kappa shape index (κ2) is 7.50. The Morgan fingerprint density at radius 2 is 1.96 bits per heavy atom. The number of azo groups is 1. The molecule has 1 fully saturated rings. The van der Waals surface area contributed by atoms with E-state index >= 15 is 0 Å². The molecular weight excluding hydrogens is 348 g/mol. The third kappa shape index (κ3) is 3.61. The van der Waals surface area contributed by atoms with Crippen molar-refractivity contribution in [3.05, 3.63) is 47.2 Å². The van der Waals surface area contributed by atoms with Crippen molar-refractivity contribution in [2.24, 2.45) is 27.5 Å². The summed E-state index contributed by atoms with van der Waals surface area (Å²) in [6.45, 7) is 12.5. The summed E-state index contributed by atoms with van der Waals surface area (Å²) in [7, 11) is 0. The lowest BCUT2D eigenvalue weighted by Gasteiger charge is -2.39. The van der Waals surface area contributed by atoms with Crippen molar-refractivity contribution in [2.45, 2.75) is 53.0 Å². The van der Waals surface area contributed by atoms with E-state index in [1.807, 2.05) is 17.0 Å². The average molecular weight is 379 g/mol. The SMILES string of the molecule is CC(C)C1(c2cc(C#N)ccc2C(=O)N2CCC(C(C)(C)C)CC2)C=CN=N1. The summed E-state index contributed by atoms with van der Waals surface area (Å²) in [5.41, 5.74) is 1.52. The molecule has 1 saturated heterocycles. The summed E-state index contributed by atoms with van der Waals surface area (Å²) >= 11 is 0. The van der Waals surface area contributed by atoms with Crippen molar-refractivity contribution in [1.82, 2.24) is 4.90 Å². The van der Waals surface area contributed by atoms with Gasteiger partial charge in [0.2, 0.25) is 0 Å². The van der Waals surface area contributed by atoms with E-state index in [0.717, 1.165) is 31.5 Å². The number of nitrogens with zero attached hydrogens (tertiary/aromatic N) is 4. The van der Waals surface area contributed by atoms with Crippen molar-refractivity contribution in [2.75, 3.05) is 13.1 Å². The van der Waals surface area contributed by atoms with Crippen LogP contribution in [0.1, 0.15) is 68.9 Å². The largest absolute Gasteiger partial charge is 0.339 e. The Balaban J connectivity index is 1.95. The molecule has 0 bridgehead atoms. The Kier molecular flexibility index (Phi) is 5.43. The maximum absolute atomic E-state index is 13.4. The van der Waals surface area contributed by atoms with Gasteiger partial charge in [-0.3, -0.25) is 4.79 Å². The molecule has 0 aliphatic carbocycles. The number of carbonyl (C=O) groups is 1. The normalized spacial score (nSPS) is 22.7. The highest BCUT2D eigenvalue weighted by molar-refractivity contribution is 5.96. The van der Waals surface area contributed by atoms with Crippen molar-refractivity contribution in [3.8, 4) is 6.07 Å². The van der Waals surface area contributed by atoms with Crippen LogP contribution in [-0.2, 0) is 5.54 Å². The number of carbonyl (C=O) groups excluding carboxylic acids is 1. The molecule has 0 spiro atoms. The maximum atomic E-state index is 13.4. The Bertz CT molecular complexity index is 834. The standard InChI is InChI=1S/C23H30N4O/c1-16(2)23(10-11-25-26-23)20-14-17(15-24)6-7-19(20)21(28)27-12-8-18(9-13-27)22(3,4)5/h6-7,10-11,14,16,18H,8-9,12-13H2,1-5H3. The molecule has 1 amide bonds. The first-order chi connectivity index (χ1) is 13.2. The van der Waals surface area contributed by atoms with E-state index < -0.39 is 5.54 Å². The first-order valence-corrected chi connectivity index (χ1v) is 10.1. The summed E-state index contributed by atoms with van der Waals surface area (Å²) in [5, 5.41) is 17.9. The van der Waals surface area contributed by atoms with Gasteiger partial charge in [0.05, 0.1) is 11.6 Å². The van der Waals surface area contributed by atoms with Gasteiger partial charge in [0.1, 0.15) is 5.54 Å². The molecule has 2 aliphatic heterocycles. The molecule has 28 heavy (non-hydrogen) atoms. The minimum atomic E-state index is -0.693. The van der Waals surface area contributed by atoms with Gasteiger partial charge in [0, 0.05) is 24.9 Å². The molecule has 2 heterocycles. The van der Waals surface area contributed by atoms with Crippen molar-refractivity contribution in [1.29, 1.82) is 5.26 Å². The second-order valence-electron chi connectivity index (χ2n) is 9.32. The van der Waals surface area contributed by atoms with Gasteiger partial charge in [-0.05, 0) is 59.9 Å². The Hall–Kier alpha value is -2.48. The predicted octanol–water partition coefficient (Wildman–Crippen LogP) is 5.29. The van der Waals surface area contributed by atoms with E-state index in [-0.39, 0.29) is 17.2 Å². The summed E-state index contributed by atoms with van der Waals surface area (Å²) < 4.78 is 0. The van der Waals surface area contributed by atoms with Crippen molar-refractivity contribution < 1.29 is 4.79 Å². The van der Waals surface area contributed by atoms with Crippen LogP contribution in [0, 0.1) is 28.6 Å². The topological polar surface area (TPSA) is 68.8 Å². The summed E-state index contributed by atoms with van der Waals surface area (Å²) in [4.78, 5) is 15.4. The molecule has 5 nitrogen and oxygen atoms in total. The van der Waals surface area contributed by atoms with Gasteiger partial charge in [-0.2, -0.15) is 15.5 Å². The van der Waals surface area contributed by atoms with Crippen LogP contribution in [0.25, 0.3) is 0 Å². The molecule has 0 saturated carbocycles. The van der Waals surface area contributed by atoms with E-state index in [1.165, 1.54) is 0 Å². The molecule has 0 aromatic heterocycles. The smallest absolute Gasteiger partial charge is 0.254 e. The van der Waals surface area contributed by atoms with Crippen molar-refractivity contribution in [3.63, 3.8) is 0 Å². The zero-order valence-electron chi connectivity index (χ0n) is 17.6. The monoisotopic (exact) mass is 378 g/mol. The Morgan fingerprint density at radius 1 is 1.29 bits per heavy atom. The average Bonchev–Trinajstić information content (AvgIpc) is 3.17. The Morgan fingerprint density at radius 3 is 2.46 bits per heavy atom. The lowest BCUT2D eigenvalue weighted by Crippen LogP contribution is -2.42. The van der Waals surface area contributed by atoms with Crippen molar-refractivity contribution >= 4 is 5.91 Å². The molecule has 0 N–H and O–H groups in total. The number of rotatable bonds is 3. The fourth-order valence-corrected chi connectivity index (χ4v) is 4.32. The van der Waals surface area contributed by atoms with Gasteiger partial charge in [0.25, 0.3) is 5.91 Å². The van der Waals surface area contributed by atoms with Crippen LogP contribution in [0.4, 0.5) is 0 Å². The fourth-order valence-electron chi connectivity index (χ4n) is 4.32. The predicted molar refractivity (Wildman–Crippen MR) is 110 cm³/mol. The summed E-state index contributed by atoms with van der Waals surface area (Å²) in [6.07, 6.45) is 5.67. The van der Waals surface area contributed by atoms with Crippen LogP contribution in [0.3, 0.4) is 0 Å². The number of piperidine rings is 1. The van der Waals surface area contributed by atoms with E-state index in [9.17, 15) is 10.1 Å². The maximum Gasteiger partial charge on any atom is 0.254 e. The van der Waals surface area contributed by atoms with Crippen LogP contribution in [-0.4, -0.2) is 23.9 Å². The fraction of sp³-hybridized carbons (Fsp3) is 0.565. The van der Waals surface area contributed by atoms with E-state index in [0.29, 0.717) is 17.0 Å². The number of amides is 1. The first-order valence-electron chi connectivity index (χ1n) is 10.1. The zero-order valence-corrected chi connectivity index (χ0v) is 17.6. The molecule has 1 aromatic rings. The van der Waals surface area contributed by atoms with E-state index in [4.69, 9.17) is 0 Å². The van der Waals surface area contributed by atoms with Gasteiger partial charge in [-0.1, -0.05) is 34.6 Å². The highest BCUT2D eigenvalue weighted by atomic mass is 16.2. The molecule has 148 valence electrons. The van der Waals surface area contributed by atoms with Gasteiger partial charge in [0.15, 0.2) is 0 Å².